The molecule has 1 atom stereocenters. The van der Waals surface area contributed by atoms with Crippen LogP contribution in [0.1, 0.15) is 30.0 Å². The number of rotatable bonds is 5. The largest absolute Gasteiger partial charge is 0.416 e. The number of halogens is 4. The van der Waals surface area contributed by atoms with Gasteiger partial charge in [0.05, 0.1) is 5.56 Å². The van der Waals surface area contributed by atoms with Gasteiger partial charge < -0.3 is 0 Å². The lowest BCUT2D eigenvalue weighted by molar-refractivity contribution is -0.137. The van der Waals surface area contributed by atoms with Crippen LogP contribution in [0.15, 0.2) is 24.3 Å². The molecule has 0 spiro atoms. The van der Waals surface area contributed by atoms with Crippen molar-refractivity contribution < 1.29 is 13.2 Å². The van der Waals surface area contributed by atoms with Crippen LogP contribution in [-0.4, -0.2) is 5.88 Å². The van der Waals surface area contributed by atoms with E-state index in [1.54, 1.807) is 0 Å². The lowest BCUT2D eigenvalue weighted by Gasteiger charge is -2.16. The van der Waals surface area contributed by atoms with Crippen LogP contribution in [0.4, 0.5) is 13.2 Å². The summed E-state index contributed by atoms with van der Waals surface area (Å²) in [4.78, 5) is 0. The van der Waals surface area contributed by atoms with Crippen molar-refractivity contribution in [1.82, 2.24) is 5.43 Å². The van der Waals surface area contributed by atoms with Crippen LogP contribution in [0, 0.1) is 0 Å². The molecule has 0 radical (unpaired) electrons. The van der Waals surface area contributed by atoms with Crippen molar-refractivity contribution in [3.05, 3.63) is 35.4 Å². The van der Waals surface area contributed by atoms with Crippen LogP contribution in [0.2, 0.25) is 0 Å². The van der Waals surface area contributed by atoms with Gasteiger partial charge in [-0.3, -0.25) is 11.3 Å². The zero-order valence-electron chi connectivity index (χ0n) is 9.10. The molecule has 0 heterocycles. The summed E-state index contributed by atoms with van der Waals surface area (Å²) in [6.07, 6.45) is -2.87. The Bertz CT molecular complexity index is 338. The van der Waals surface area contributed by atoms with E-state index < -0.39 is 11.7 Å². The maximum atomic E-state index is 12.3. The van der Waals surface area contributed by atoms with Crippen LogP contribution in [-0.2, 0) is 6.18 Å². The molecule has 0 amide bonds. The Hall–Kier alpha value is -0.780. The monoisotopic (exact) mass is 266 g/mol. The first kappa shape index (κ1) is 14.3. The first-order valence-corrected chi connectivity index (χ1v) is 5.71. The zero-order valence-corrected chi connectivity index (χ0v) is 9.85. The second-order valence-electron chi connectivity index (χ2n) is 3.67. The molecule has 1 rings (SSSR count). The van der Waals surface area contributed by atoms with Crippen molar-refractivity contribution in [2.75, 3.05) is 5.88 Å². The second kappa shape index (κ2) is 6.23. The number of hydrogen-bond donors (Lipinski definition) is 2. The average Bonchev–Trinajstić information content (AvgIpc) is 2.29. The van der Waals surface area contributed by atoms with Crippen LogP contribution in [0.25, 0.3) is 0 Å². The molecule has 2 nitrogen and oxygen atoms in total. The highest BCUT2D eigenvalue weighted by atomic mass is 35.5. The fraction of sp³-hybridized carbons (Fsp3) is 0.455. The minimum absolute atomic E-state index is 0.170. The molecule has 17 heavy (non-hydrogen) atoms. The normalized spacial score (nSPS) is 13.7. The predicted molar refractivity (Wildman–Crippen MR) is 61.5 cm³/mol. The molecule has 0 aliphatic rings. The summed E-state index contributed by atoms with van der Waals surface area (Å²) >= 11 is 5.56. The topological polar surface area (TPSA) is 38.0 Å². The third-order valence-corrected chi connectivity index (χ3v) is 2.74. The van der Waals surface area contributed by atoms with Crippen molar-refractivity contribution in [3.8, 4) is 0 Å². The van der Waals surface area contributed by atoms with E-state index in [4.69, 9.17) is 17.4 Å². The lowest BCUT2D eigenvalue weighted by Crippen LogP contribution is -2.28. The molecular formula is C11H14ClF3N2. The van der Waals surface area contributed by atoms with E-state index in [1.165, 1.54) is 12.1 Å². The van der Waals surface area contributed by atoms with Gasteiger partial charge in [0.25, 0.3) is 0 Å². The van der Waals surface area contributed by atoms with Crippen molar-refractivity contribution in [3.63, 3.8) is 0 Å². The highest BCUT2D eigenvalue weighted by Gasteiger charge is 2.30. The summed E-state index contributed by atoms with van der Waals surface area (Å²) in [5, 5.41) is 0. The van der Waals surface area contributed by atoms with Crippen molar-refractivity contribution in [1.29, 1.82) is 0 Å². The number of hydrazine groups is 1. The van der Waals surface area contributed by atoms with Crippen molar-refractivity contribution in [2.24, 2.45) is 5.84 Å². The molecule has 1 unspecified atom stereocenters. The third-order valence-electron chi connectivity index (χ3n) is 2.47. The van der Waals surface area contributed by atoms with E-state index in [2.05, 4.69) is 5.43 Å². The Morgan fingerprint density at radius 2 is 1.82 bits per heavy atom. The van der Waals surface area contributed by atoms with Gasteiger partial charge in [-0.1, -0.05) is 12.1 Å². The van der Waals surface area contributed by atoms with Gasteiger partial charge in [0.1, 0.15) is 0 Å². The number of alkyl halides is 4. The molecular weight excluding hydrogens is 253 g/mol. The molecule has 1 aromatic rings. The molecule has 0 saturated carbocycles. The summed E-state index contributed by atoms with van der Waals surface area (Å²) in [5.41, 5.74) is 2.64. The molecule has 6 heteroatoms. The van der Waals surface area contributed by atoms with Gasteiger partial charge in [-0.25, -0.2) is 0 Å². The number of nitrogens with two attached hydrogens (primary N) is 1. The maximum Gasteiger partial charge on any atom is 0.416 e. The zero-order chi connectivity index (χ0) is 12.9. The fourth-order valence-corrected chi connectivity index (χ4v) is 1.69. The standard InChI is InChI=1S/C11H14ClF3N2/c12-7-1-2-10(17-16)8-3-5-9(6-4-8)11(13,14)15/h3-6,10,17H,1-2,7,16H2. The Balaban J connectivity index is 2.78. The minimum atomic E-state index is -4.31. The van der Waals surface area contributed by atoms with Gasteiger partial charge >= 0.3 is 6.18 Å². The average molecular weight is 267 g/mol. The molecule has 0 fully saturated rings. The molecule has 3 N–H and O–H groups in total. The van der Waals surface area contributed by atoms with Crippen LogP contribution >= 0.6 is 11.6 Å². The van der Waals surface area contributed by atoms with E-state index in [0.29, 0.717) is 12.3 Å². The minimum Gasteiger partial charge on any atom is -0.271 e. The summed E-state index contributed by atoms with van der Waals surface area (Å²) in [7, 11) is 0. The number of nitrogens with one attached hydrogen (secondary N) is 1. The molecule has 0 bridgehead atoms. The van der Waals surface area contributed by atoms with Crippen molar-refractivity contribution >= 4 is 11.6 Å². The van der Waals surface area contributed by atoms with Gasteiger partial charge in [-0.15, -0.1) is 11.6 Å². The van der Waals surface area contributed by atoms with Gasteiger partial charge in [0, 0.05) is 11.9 Å². The lowest BCUT2D eigenvalue weighted by atomic mass is 10.0. The van der Waals surface area contributed by atoms with E-state index in [-0.39, 0.29) is 6.04 Å². The highest BCUT2D eigenvalue weighted by Crippen LogP contribution is 2.30. The summed E-state index contributed by atoms with van der Waals surface area (Å²) < 4.78 is 37.0. The van der Waals surface area contributed by atoms with Crippen LogP contribution in [0.5, 0.6) is 0 Å². The second-order valence-corrected chi connectivity index (χ2v) is 4.05. The van der Waals surface area contributed by atoms with Gasteiger partial charge in [-0.2, -0.15) is 13.2 Å². The summed E-state index contributed by atoms with van der Waals surface area (Å²) in [6, 6.07) is 4.81. The Kier molecular flexibility index (Phi) is 5.24. The molecule has 1 aromatic carbocycles. The van der Waals surface area contributed by atoms with E-state index in [9.17, 15) is 13.2 Å². The number of hydrogen-bond acceptors (Lipinski definition) is 2. The van der Waals surface area contributed by atoms with Gasteiger partial charge in [0.15, 0.2) is 0 Å². The predicted octanol–water partition coefficient (Wildman–Crippen LogP) is 3.23. The Morgan fingerprint density at radius 3 is 2.24 bits per heavy atom. The highest BCUT2D eigenvalue weighted by molar-refractivity contribution is 6.17. The third kappa shape index (κ3) is 4.18. The Labute approximate surface area is 103 Å². The molecule has 0 aromatic heterocycles. The van der Waals surface area contributed by atoms with Gasteiger partial charge in [0.2, 0.25) is 0 Å². The molecule has 0 saturated heterocycles. The van der Waals surface area contributed by atoms with Gasteiger partial charge in [-0.05, 0) is 30.5 Å². The van der Waals surface area contributed by atoms with E-state index in [0.717, 1.165) is 24.1 Å². The maximum absolute atomic E-state index is 12.3. The first-order chi connectivity index (χ1) is 7.99. The molecule has 0 aliphatic carbocycles. The van der Waals surface area contributed by atoms with E-state index in [1.807, 2.05) is 0 Å². The quantitative estimate of drug-likeness (QED) is 0.488. The van der Waals surface area contributed by atoms with Crippen LogP contribution in [0.3, 0.4) is 0 Å². The van der Waals surface area contributed by atoms with Crippen molar-refractivity contribution in [2.45, 2.75) is 25.1 Å². The fourth-order valence-electron chi connectivity index (χ4n) is 1.53. The van der Waals surface area contributed by atoms with Crippen LogP contribution < -0.4 is 11.3 Å². The Morgan fingerprint density at radius 1 is 1.24 bits per heavy atom. The number of benzene rings is 1. The van der Waals surface area contributed by atoms with E-state index >= 15 is 0 Å². The SMILES string of the molecule is NNC(CCCCl)c1ccc(C(F)(F)F)cc1. The first-order valence-electron chi connectivity index (χ1n) is 5.18. The summed E-state index contributed by atoms with van der Waals surface area (Å²) in [5.74, 6) is 5.85. The molecule has 0 aliphatic heterocycles. The summed E-state index contributed by atoms with van der Waals surface area (Å²) in [6.45, 7) is 0. The smallest absolute Gasteiger partial charge is 0.271 e. The molecule has 96 valence electrons.